The second-order valence-corrected chi connectivity index (χ2v) is 7.61. The predicted molar refractivity (Wildman–Crippen MR) is 47.5 cm³/mol. The van der Waals surface area contributed by atoms with Crippen LogP contribution in [-0.2, 0) is 0 Å². The minimum atomic E-state index is -3.10. The molecular weight excluding hydrogens is 233 g/mol. The van der Waals surface area contributed by atoms with E-state index in [1.807, 2.05) is 0 Å². The largest absolute Gasteiger partial charge is 0.347 e. The van der Waals surface area contributed by atoms with E-state index in [4.69, 9.17) is 5.40 Å². The van der Waals surface area contributed by atoms with Gasteiger partial charge in [-0.15, -0.1) is 0 Å². The lowest BCUT2D eigenvalue weighted by Crippen LogP contribution is -2.55. The Bertz CT molecular complexity index is 383. The van der Waals surface area contributed by atoms with Gasteiger partial charge in [0.25, 0.3) is 0 Å². The van der Waals surface area contributed by atoms with E-state index in [0.29, 0.717) is 0 Å². The highest BCUT2D eigenvalue weighted by Gasteiger charge is 2.33. The third kappa shape index (κ3) is 1.89. The summed E-state index contributed by atoms with van der Waals surface area (Å²) in [4.78, 5) is 0. The molecule has 0 saturated heterocycles. The molecule has 0 unspecified atom stereocenters. The van der Waals surface area contributed by atoms with E-state index in [2.05, 4.69) is 0 Å². The number of benzene rings is 1. The van der Waals surface area contributed by atoms with Gasteiger partial charge in [-0.2, -0.15) is 0 Å². The topological polar surface area (TPSA) is 26.0 Å². The standard InChI is InChI=1S/C8H8F5NSi/c1-15(2,14)8-6(12)4(10)3(9)5(11)7(8)13/h14H2,1-2H3. The van der Waals surface area contributed by atoms with Gasteiger partial charge in [0.2, 0.25) is 5.82 Å². The fourth-order valence-electron chi connectivity index (χ4n) is 1.17. The van der Waals surface area contributed by atoms with Gasteiger partial charge >= 0.3 is 0 Å². The summed E-state index contributed by atoms with van der Waals surface area (Å²) >= 11 is 0. The second-order valence-electron chi connectivity index (χ2n) is 3.67. The van der Waals surface area contributed by atoms with Gasteiger partial charge in [0.05, 0.1) is 0 Å². The molecule has 0 saturated carbocycles. The molecule has 0 aromatic heterocycles. The molecular formula is C8H8F5NSi. The van der Waals surface area contributed by atoms with Crippen LogP contribution in [0.4, 0.5) is 22.0 Å². The van der Waals surface area contributed by atoms with E-state index in [0.717, 1.165) is 0 Å². The van der Waals surface area contributed by atoms with E-state index in [-0.39, 0.29) is 0 Å². The quantitative estimate of drug-likeness (QED) is 0.345. The molecule has 0 amide bonds. The van der Waals surface area contributed by atoms with Gasteiger partial charge in [-0.05, 0) is 0 Å². The first-order valence-corrected chi connectivity index (χ1v) is 7.06. The Labute approximate surface area is 83.8 Å². The highest BCUT2D eigenvalue weighted by molar-refractivity contribution is 6.87. The molecule has 1 nitrogen and oxygen atoms in total. The molecule has 0 aliphatic heterocycles. The SMILES string of the molecule is C[Si](C)(N)c1c(F)c(F)c(F)c(F)c1F. The Morgan fingerprint density at radius 2 is 1.00 bits per heavy atom. The van der Waals surface area contributed by atoms with Crippen molar-refractivity contribution in [3.63, 3.8) is 0 Å². The zero-order valence-corrected chi connectivity index (χ0v) is 8.97. The van der Waals surface area contributed by atoms with Crippen molar-refractivity contribution in [2.24, 2.45) is 5.40 Å². The molecule has 1 rings (SSSR count). The van der Waals surface area contributed by atoms with Gasteiger partial charge in [0.1, 0.15) is 0 Å². The Morgan fingerprint density at radius 3 is 1.27 bits per heavy atom. The summed E-state index contributed by atoms with van der Waals surface area (Å²) in [6.45, 7) is 2.57. The maximum atomic E-state index is 13.1. The van der Waals surface area contributed by atoms with E-state index < -0.39 is 42.5 Å². The van der Waals surface area contributed by atoms with Crippen molar-refractivity contribution in [1.29, 1.82) is 0 Å². The van der Waals surface area contributed by atoms with E-state index in [1.54, 1.807) is 0 Å². The number of halogens is 5. The van der Waals surface area contributed by atoms with Gasteiger partial charge < -0.3 is 5.40 Å². The van der Waals surface area contributed by atoms with Crippen molar-refractivity contribution in [2.45, 2.75) is 13.1 Å². The van der Waals surface area contributed by atoms with Crippen LogP contribution < -0.4 is 10.6 Å². The molecule has 0 aliphatic carbocycles. The van der Waals surface area contributed by atoms with Crippen molar-refractivity contribution < 1.29 is 22.0 Å². The molecule has 0 bridgehead atoms. The first kappa shape index (κ1) is 12.1. The second kappa shape index (κ2) is 3.56. The zero-order chi connectivity index (χ0) is 12.0. The molecule has 15 heavy (non-hydrogen) atoms. The molecule has 1 aromatic carbocycles. The van der Waals surface area contributed by atoms with Crippen molar-refractivity contribution in [2.75, 3.05) is 0 Å². The van der Waals surface area contributed by atoms with E-state index in [9.17, 15) is 22.0 Å². The molecule has 7 heteroatoms. The van der Waals surface area contributed by atoms with Crippen molar-refractivity contribution in [3.05, 3.63) is 29.1 Å². The van der Waals surface area contributed by atoms with Crippen LogP contribution >= 0.6 is 0 Å². The Kier molecular flexibility index (Phi) is 2.88. The third-order valence-electron chi connectivity index (χ3n) is 1.85. The fraction of sp³-hybridized carbons (Fsp3) is 0.250. The van der Waals surface area contributed by atoms with Crippen LogP contribution in [0.2, 0.25) is 13.1 Å². The zero-order valence-electron chi connectivity index (χ0n) is 7.97. The van der Waals surface area contributed by atoms with Gasteiger partial charge in [-0.25, -0.2) is 22.0 Å². The minimum Gasteiger partial charge on any atom is -0.347 e. The number of hydrogen-bond acceptors (Lipinski definition) is 1. The van der Waals surface area contributed by atoms with Crippen molar-refractivity contribution in [3.8, 4) is 0 Å². The smallest absolute Gasteiger partial charge is 0.200 e. The lowest BCUT2D eigenvalue weighted by Gasteiger charge is -2.18. The van der Waals surface area contributed by atoms with Gasteiger partial charge in [-0.3, -0.25) is 0 Å². The van der Waals surface area contributed by atoms with Crippen LogP contribution in [0.1, 0.15) is 0 Å². The summed E-state index contributed by atoms with van der Waals surface area (Å²) in [6.07, 6.45) is 0. The average Bonchev–Trinajstić information content (AvgIpc) is 2.09. The normalized spacial score (nSPS) is 12.0. The lowest BCUT2D eigenvalue weighted by molar-refractivity contribution is 0.383. The lowest BCUT2D eigenvalue weighted by atomic mass is 10.3. The average molecular weight is 241 g/mol. The summed E-state index contributed by atoms with van der Waals surface area (Å²) in [5.41, 5.74) is 0. The summed E-state index contributed by atoms with van der Waals surface area (Å²) in [7, 11) is -3.10. The Morgan fingerprint density at radius 1 is 0.733 bits per heavy atom. The molecule has 0 heterocycles. The fourth-order valence-corrected chi connectivity index (χ4v) is 2.52. The van der Waals surface area contributed by atoms with Crippen LogP contribution in [0.3, 0.4) is 0 Å². The highest BCUT2D eigenvalue weighted by atomic mass is 28.3. The predicted octanol–water partition coefficient (Wildman–Crippen LogP) is 1.75. The summed E-state index contributed by atoms with van der Waals surface area (Å²) in [5, 5.41) is 4.57. The van der Waals surface area contributed by atoms with E-state index in [1.165, 1.54) is 13.1 Å². The summed E-state index contributed by atoms with van der Waals surface area (Å²) < 4.78 is 64.4. The molecule has 0 spiro atoms. The Balaban J connectivity index is 3.68. The molecule has 0 fully saturated rings. The molecule has 84 valence electrons. The van der Waals surface area contributed by atoms with Crippen molar-refractivity contribution in [1.82, 2.24) is 0 Å². The molecule has 2 N–H and O–H groups in total. The molecule has 0 atom stereocenters. The molecule has 0 aliphatic rings. The number of nitrogens with two attached hydrogens (primary N) is 1. The van der Waals surface area contributed by atoms with Gasteiger partial charge in [0, 0.05) is 5.19 Å². The molecule has 1 aromatic rings. The third-order valence-corrected chi connectivity index (χ3v) is 3.58. The highest BCUT2D eigenvalue weighted by Crippen LogP contribution is 2.17. The minimum absolute atomic E-state index is 0.876. The van der Waals surface area contributed by atoms with Gasteiger partial charge in [0.15, 0.2) is 31.5 Å². The Hall–Kier alpha value is -0.953. The van der Waals surface area contributed by atoms with Crippen LogP contribution in [0.5, 0.6) is 0 Å². The maximum Gasteiger partial charge on any atom is 0.200 e. The summed E-state index contributed by atoms with van der Waals surface area (Å²) in [5.74, 6) is -9.71. The van der Waals surface area contributed by atoms with Crippen LogP contribution in [0, 0.1) is 29.1 Å². The monoisotopic (exact) mass is 241 g/mol. The summed E-state index contributed by atoms with van der Waals surface area (Å²) in [6, 6.07) is 0. The van der Waals surface area contributed by atoms with Crippen LogP contribution in [0.15, 0.2) is 0 Å². The van der Waals surface area contributed by atoms with Crippen LogP contribution in [-0.4, -0.2) is 8.24 Å². The number of hydrogen-bond donors (Lipinski definition) is 1. The first-order chi connectivity index (χ1) is 6.68. The first-order valence-electron chi connectivity index (χ1n) is 3.98. The van der Waals surface area contributed by atoms with Crippen LogP contribution in [0.25, 0.3) is 0 Å². The van der Waals surface area contributed by atoms with E-state index >= 15 is 0 Å². The van der Waals surface area contributed by atoms with Gasteiger partial charge in [-0.1, -0.05) is 13.1 Å². The molecule has 0 radical (unpaired) electrons. The van der Waals surface area contributed by atoms with Crippen molar-refractivity contribution >= 4 is 13.4 Å². The maximum absolute atomic E-state index is 13.1. The number of rotatable bonds is 1.